The minimum Gasteiger partial charge on any atom is -0.462 e. The molecule has 12 nitrogen and oxygen atoms in total. The number of carbonyl (C=O) groups is 3. The smallest absolute Gasteiger partial charge is 0.338 e. The van der Waals surface area contributed by atoms with Gasteiger partial charge in [-0.05, 0) is 92.1 Å². The molecule has 1 aliphatic rings. The van der Waals surface area contributed by atoms with Crippen LogP contribution in [0.25, 0.3) is 0 Å². The molecule has 1 aliphatic heterocycles. The van der Waals surface area contributed by atoms with Gasteiger partial charge >= 0.3 is 17.9 Å². The summed E-state index contributed by atoms with van der Waals surface area (Å²) >= 11 is 0. The van der Waals surface area contributed by atoms with Gasteiger partial charge in [0.1, 0.15) is 0 Å². The molecule has 0 radical (unpaired) electrons. The lowest BCUT2D eigenvalue weighted by atomic mass is 10.1. The molecule has 0 aromatic heterocycles. The summed E-state index contributed by atoms with van der Waals surface area (Å²) in [5, 5.41) is 6.13. The summed E-state index contributed by atoms with van der Waals surface area (Å²) in [5.41, 5.74) is 14.6. The van der Waals surface area contributed by atoms with Crippen LogP contribution < -0.4 is 16.3 Å². The van der Waals surface area contributed by atoms with Gasteiger partial charge in [-0.2, -0.15) is 15.0 Å². The van der Waals surface area contributed by atoms with Crippen LogP contribution in [0.1, 0.15) is 244 Å². The van der Waals surface area contributed by atoms with E-state index in [-0.39, 0.29) is 17.9 Å². The molecule has 0 aliphatic carbocycles. The highest BCUT2D eigenvalue weighted by Crippen LogP contribution is 2.21. The number of hydrazine groups is 3. The fourth-order valence-electron chi connectivity index (χ4n) is 9.07. The van der Waals surface area contributed by atoms with Gasteiger partial charge in [-0.15, -0.1) is 0 Å². The van der Waals surface area contributed by atoms with Crippen molar-refractivity contribution in [2.24, 2.45) is 0 Å². The highest BCUT2D eigenvalue weighted by atomic mass is 16.5. The fraction of sp³-hybridized carbons (Fsp3) is 0.650. The Morgan fingerprint density at radius 1 is 0.319 bits per heavy atom. The Kier molecular flexibility index (Phi) is 32.4. The van der Waals surface area contributed by atoms with E-state index in [1.807, 2.05) is 51.4 Å². The number of carbonyl (C=O) groups excluding carboxylic acids is 3. The van der Waals surface area contributed by atoms with E-state index in [9.17, 15) is 14.4 Å². The lowest BCUT2D eigenvalue weighted by molar-refractivity contribution is 0.0126. The van der Waals surface area contributed by atoms with Crippen LogP contribution in [0, 0.1) is 0 Å². The summed E-state index contributed by atoms with van der Waals surface area (Å²) < 4.78 is 16.8. The molecule has 0 spiro atoms. The first-order valence-corrected chi connectivity index (χ1v) is 28.7. The van der Waals surface area contributed by atoms with Crippen molar-refractivity contribution < 1.29 is 28.6 Å². The van der Waals surface area contributed by atoms with Crippen LogP contribution in [0.3, 0.4) is 0 Å². The Morgan fingerprint density at radius 2 is 0.514 bits per heavy atom. The largest absolute Gasteiger partial charge is 0.462 e. The molecule has 1 fully saturated rings. The van der Waals surface area contributed by atoms with E-state index in [2.05, 4.69) is 37.0 Å². The van der Waals surface area contributed by atoms with E-state index in [1.54, 1.807) is 36.4 Å². The fourth-order valence-corrected chi connectivity index (χ4v) is 9.07. The topological polar surface area (TPSA) is 125 Å². The van der Waals surface area contributed by atoms with Gasteiger partial charge in [0.15, 0.2) is 0 Å². The van der Waals surface area contributed by atoms with Gasteiger partial charge in [-0.3, -0.25) is 0 Å². The number of hydrogen-bond donors (Lipinski definition) is 3. The first kappa shape index (κ1) is 59.9. The summed E-state index contributed by atoms with van der Waals surface area (Å²) in [5.74, 6) is -0.909. The predicted molar refractivity (Wildman–Crippen MR) is 297 cm³/mol. The molecule has 0 bridgehead atoms. The Bertz CT molecular complexity index is 1630. The molecule has 3 N–H and O–H groups in total. The predicted octanol–water partition coefficient (Wildman–Crippen LogP) is 16.1. The van der Waals surface area contributed by atoms with Crippen LogP contribution in [-0.4, -0.2) is 72.8 Å². The highest BCUT2D eigenvalue weighted by molar-refractivity contribution is 5.90. The average Bonchev–Trinajstić information content (AvgIpc) is 3.39. The quantitative estimate of drug-likeness (QED) is 0.0284. The first-order chi connectivity index (χ1) is 35.4. The normalized spacial score (nSPS) is 13.2. The van der Waals surface area contributed by atoms with Gasteiger partial charge in [-0.25, -0.2) is 14.4 Å². The van der Waals surface area contributed by atoms with Crippen LogP contribution in [0.15, 0.2) is 72.8 Å². The maximum atomic E-state index is 12.9. The highest BCUT2D eigenvalue weighted by Gasteiger charge is 2.25. The standard InChI is InChI=1S/C60H96N6O6/c1-4-7-10-13-16-19-22-25-28-31-46-70-58(67)52-34-40-55(41-35-52)61-64-49-65(62-56-42-36-53(37-43-56)59(68)71-47-32-29-26-23-20-17-14-11-8-5-2)51-66(50-64)63-57-44-38-54(39-45-57)60(69)72-48-33-30-27-24-21-18-15-12-9-6-3/h34-45,61-63H,4-33,46-51H2,1-3H3. The molecule has 4 rings (SSSR count). The number of benzene rings is 3. The van der Waals surface area contributed by atoms with E-state index in [4.69, 9.17) is 14.2 Å². The molecule has 0 saturated carbocycles. The van der Waals surface area contributed by atoms with Gasteiger partial charge in [0.2, 0.25) is 0 Å². The van der Waals surface area contributed by atoms with E-state index in [1.165, 1.54) is 154 Å². The van der Waals surface area contributed by atoms with Gasteiger partial charge < -0.3 is 30.5 Å². The van der Waals surface area contributed by atoms with E-state index >= 15 is 0 Å². The molecule has 0 atom stereocenters. The van der Waals surface area contributed by atoms with Crippen LogP contribution in [0.5, 0.6) is 0 Å². The molecule has 3 aromatic carbocycles. The van der Waals surface area contributed by atoms with Crippen LogP contribution in [-0.2, 0) is 14.2 Å². The zero-order valence-corrected chi connectivity index (χ0v) is 45.2. The van der Waals surface area contributed by atoms with Crippen LogP contribution in [0.4, 0.5) is 17.1 Å². The second-order valence-electron chi connectivity index (χ2n) is 20.1. The Morgan fingerprint density at radius 3 is 0.722 bits per heavy atom. The van der Waals surface area contributed by atoms with Gasteiger partial charge in [0.05, 0.1) is 56.5 Å². The summed E-state index contributed by atoms with van der Waals surface area (Å²) in [6, 6.07) is 22.1. The van der Waals surface area contributed by atoms with Crippen LogP contribution >= 0.6 is 0 Å². The summed E-state index contributed by atoms with van der Waals surface area (Å²) in [7, 11) is 0. The Balaban J connectivity index is 1.25. The maximum Gasteiger partial charge on any atom is 0.338 e. The van der Waals surface area contributed by atoms with Gasteiger partial charge in [0.25, 0.3) is 0 Å². The van der Waals surface area contributed by atoms with Gasteiger partial charge in [0, 0.05) is 17.1 Å². The number of nitrogens with zero attached hydrogens (tertiary/aromatic N) is 3. The summed E-state index contributed by atoms with van der Waals surface area (Å²) in [4.78, 5) is 38.6. The Hall–Kier alpha value is -4.65. The minimum atomic E-state index is -0.303. The summed E-state index contributed by atoms with van der Waals surface area (Å²) in [6.07, 6.45) is 37.0. The van der Waals surface area contributed by atoms with Crippen molar-refractivity contribution in [2.45, 2.75) is 213 Å². The molecular weight excluding hydrogens is 901 g/mol. The number of ether oxygens (including phenoxy) is 3. The number of unbranched alkanes of at least 4 members (excludes halogenated alkanes) is 27. The molecule has 72 heavy (non-hydrogen) atoms. The molecule has 0 amide bonds. The van der Waals surface area contributed by atoms with E-state index < -0.39 is 0 Å². The number of hydrogen-bond acceptors (Lipinski definition) is 12. The molecule has 402 valence electrons. The Labute approximate surface area is 436 Å². The molecule has 1 saturated heterocycles. The molecule has 1 heterocycles. The third-order valence-electron chi connectivity index (χ3n) is 13.4. The zero-order valence-electron chi connectivity index (χ0n) is 45.2. The van der Waals surface area contributed by atoms with Crippen molar-refractivity contribution in [2.75, 3.05) is 56.1 Å². The van der Waals surface area contributed by atoms with Crippen molar-refractivity contribution in [1.29, 1.82) is 0 Å². The lowest BCUT2D eigenvalue weighted by Crippen LogP contribution is -2.59. The zero-order chi connectivity index (χ0) is 51.1. The van der Waals surface area contributed by atoms with Crippen LogP contribution in [0.2, 0.25) is 0 Å². The SMILES string of the molecule is CCCCCCCCCCCCOC(=O)c1ccc(NN2CN(Nc3ccc(C(=O)OCCCCCCCCCCCC)cc3)CN(Nc3ccc(C(=O)OCCCCCCCCCCCC)cc3)C2)cc1. The molecule has 12 heteroatoms. The van der Waals surface area contributed by atoms with Crippen molar-refractivity contribution >= 4 is 35.0 Å². The van der Waals surface area contributed by atoms with Crippen molar-refractivity contribution in [3.8, 4) is 0 Å². The first-order valence-electron chi connectivity index (χ1n) is 28.7. The minimum absolute atomic E-state index is 0.303. The third kappa shape index (κ3) is 26.9. The number of anilines is 3. The van der Waals surface area contributed by atoms with Crippen molar-refractivity contribution in [3.63, 3.8) is 0 Å². The van der Waals surface area contributed by atoms with E-state index in [0.29, 0.717) is 56.5 Å². The number of esters is 3. The number of nitrogens with one attached hydrogen (secondary N) is 3. The third-order valence-corrected chi connectivity index (χ3v) is 13.4. The summed E-state index contributed by atoms with van der Waals surface area (Å²) in [6.45, 7) is 9.55. The average molecular weight is 997 g/mol. The second-order valence-corrected chi connectivity index (χ2v) is 20.1. The maximum absolute atomic E-state index is 12.9. The monoisotopic (exact) mass is 997 g/mol. The number of rotatable bonds is 42. The lowest BCUT2D eigenvalue weighted by Gasteiger charge is -2.42. The van der Waals surface area contributed by atoms with Crippen molar-refractivity contribution in [3.05, 3.63) is 89.5 Å². The van der Waals surface area contributed by atoms with Crippen molar-refractivity contribution in [1.82, 2.24) is 15.0 Å². The van der Waals surface area contributed by atoms with E-state index in [0.717, 1.165) is 55.6 Å². The second kappa shape index (κ2) is 38.9. The molecule has 0 unspecified atom stereocenters. The molecule has 3 aromatic rings. The van der Waals surface area contributed by atoms with Gasteiger partial charge in [-0.1, -0.05) is 194 Å². The molecular formula is C60H96N6O6.